The van der Waals surface area contributed by atoms with E-state index in [1.54, 1.807) is 14.2 Å². The van der Waals surface area contributed by atoms with E-state index >= 15 is 0 Å². The average Bonchev–Trinajstić information content (AvgIpc) is 2.41. The van der Waals surface area contributed by atoms with Crippen molar-refractivity contribution >= 4 is 0 Å². The molecule has 0 unspecified atom stereocenters. The Morgan fingerprint density at radius 2 is 2.00 bits per heavy atom. The standard InChI is InChI=1S/C15H23NO2/c1-17-11-14-10-13(3-4-15(14)18-2)9-12-5-7-16-8-6-12/h3-4,10,12,16H,5-9,11H2,1-2H3. The van der Waals surface area contributed by atoms with Crippen LogP contribution in [0.2, 0.25) is 0 Å². The molecule has 1 aliphatic heterocycles. The highest BCUT2D eigenvalue weighted by Crippen LogP contribution is 2.24. The lowest BCUT2D eigenvalue weighted by Gasteiger charge is -2.23. The Hall–Kier alpha value is -1.06. The SMILES string of the molecule is COCc1cc(CC2CCNCC2)ccc1OC. The van der Waals surface area contributed by atoms with E-state index in [0.717, 1.165) is 30.3 Å². The summed E-state index contributed by atoms with van der Waals surface area (Å²) in [6.07, 6.45) is 3.74. The smallest absolute Gasteiger partial charge is 0.124 e. The Labute approximate surface area is 109 Å². The van der Waals surface area contributed by atoms with Gasteiger partial charge in [-0.2, -0.15) is 0 Å². The van der Waals surface area contributed by atoms with Gasteiger partial charge in [0.25, 0.3) is 0 Å². The fourth-order valence-electron chi connectivity index (χ4n) is 2.65. The maximum Gasteiger partial charge on any atom is 0.124 e. The summed E-state index contributed by atoms with van der Waals surface area (Å²) in [5.74, 6) is 1.74. The Balaban J connectivity index is 2.05. The van der Waals surface area contributed by atoms with E-state index in [9.17, 15) is 0 Å². The summed E-state index contributed by atoms with van der Waals surface area (Å²) in [5.41, 5.74) is 2.54. The van der Waals surface area contributed by atoms with Gasteiger partial charge in [0, 0.05) is 12.7 Å². The van der Waals surface area contributed by atoms with Gasteiger partial charge < -0.3 is 14.8 Å². The Kier molecular flexibility index (Phi) is 5.02. The van der Waals surface area contributed by atoms with Crippen molar-refractivity contribution < 1.29 is 9.47 Å². The Morgan fingerprint density at radius 3 is 2.67 bits per heavy atom. The summed E-state index contributed by atoms with van der Waals surface area (Å²) in [4.78, 5) is 0. The van der Waals surface area contributed by atoms with Crippen LogP contribution in [0, 0.1) is 5.92 Å². The fourth-order valence-corrected chi connectivity index (χ4v) is 2.65. The lowest BCUT2D eigenvalue weighted by molar-refractivity contribution is 0.181. The van der Waals surface area contributed by atoms with Crippen molar-refractivity contribution in [2.75, 3.05) is 27.3 Å². The van der Waals surface area contributed by atoms with Crippen LogP contribution in [-0.4, -0.2) is 27.3 Å². The third-order valence-electron chi connectivity index (χ3n) is 3.63. The fraction of sp³-hybridized carbons (Fsp3) is 0.600. The van der Waals surface area contributed by atoms with E-state index in [2.05, 4.69) is 23.5 Å². The van der Waals surface area contributed by atoms with Crippen molar-refractivity contribution in [2.45, 2.75) is 25.9 Å². The minimum Gasteiger partial charge on any atom is -0.496 e. The average molecular weight is 249 g/mol. The molecule has 1 saturated heterocycles. The minimum atomic E-state index is 0.614. The van der Waals surface area contributed by atoms with Crippen LogP contribution in [-0.2, 0) is 17.8 Å². The number of ether oxygens (including phenoxy) is 2. The number of nitrogens with one attached hydrogen (secondary N) is 1. The van der Waals surface area contributed by atoms with Gasteiger partial charge in [0.05, 0.1) is 13.7 Å². The Bertz CT molecular complexity index is 373. The predicted octanol–water partition coefficient (Wildman–Crippen LogP) is 2.38. The summed E-state index contributed by atoms with van der Waals surface area (Å²) >= 11 is 0. The number of hydrogen-bond acceptors (Lipinski definition) is 3. The predicted molar refractivity (Wildman–Crippen MR) is 73.0 cm³/mol. The van der Waals surface area contributed by atoms with Crippen molar-refractivity contribution in [3.05, 3.63) is 29.3 Å². The number of benzene rings is 1. The van der Waals surface area contributed by atoms with E-state index < -0.39 is 0 Å². The number of piperidine rings is 1. The van der Waals surface area contributed by atoms with Gasteiger partial charge in [0.1, 0.15) is 5.75 Å². The molecular formula is C15H23NO2. The monoisotopic (exact) mass is 249 g/mol. The van der Waals surface area contributed by atoms with Crippen LogP contribution in [0.25, 0.3) is 0 Å². The molecule has 1 fully saturated rings. The largest absolute Gasteiger partial charge is 0.496 e. The third kappa shape index (κ3) is 3.47. The van der Waals surface area contributed by atoms with Crippen LogP contribution < -0.4 is 10.1 Å². The van der Waals surface area contributed by atoms with Crippen LogP contribution in [0.4, 0.5) is 0 Å². The molecule has 2 rings (SSSR count). The lowest BCUT2D eigenvalue weighted by atomic mass is 9.90. The molecule has 0 aliphatic carbocycles. The van der Waals surface area contributed by atoms with Crippen LogP contribution in [0.1, 0.15) is 24.0 Å². The van der Waals surface area contributed by atoms with E-state index in [4.69, 9.17) is 9.47 Å². The lowest BCUT2D eigenvalue weighted by Crippen LogP contribution is -2.28. The first-order valence-electron chi connectivity index (χ1n) is 6.69. The zero-order valence-corrected chi connectivity index (χ0v) is 11.4. The van der Waals surface area contributed by atoms with Gasteiger partial charge in [-0.3, -0.25) is 0 Å². The molecule has 0 radical (unpaired) electrons. The van der Waals surface area contributed by atoms with Gasteiger partial charge in [-0.05, 0) is 56.0 Å². The molecule has 3 nitrogen and oxygen atoms in total. The highest BCUT2D eigenvalue weighted by molar-refractivity contribution is 5.37. The second-order valence-electron chi connectivity index (χ2n) is 4.98. The second-order valence-corrected chi connectivity index (χ2v) is 4.98. The van der Waals surface area contributed by atoms with E-state index in [1.807, 2.05) is 0 Å². The first-order valence-corrected chi connectivity index (χ1v) is 6.69. The van der Waals surface area contributed by atoms with Crippen LogP contribution in [0.5, 0.6) is 5.75 Å². The molecule has 1 heterocycles. The highest BCUT2D eigenvalue weighted by Gasteiger charge is 2.14. The van der Waals surface area contributed by atoms with Gasteiger partial charge >= 0.3 is 0 Å². The molecule has 1 aromatic carbocycles. The molecule has 100 valence electrons. The first kappa shape index (κ1) is 13.4. The maximum atomic E-state index is 5.35. The highest BCUT2D eigenvalue weighted by atomic mass is 16.5. The van der Waals surface area contributed by atoms with Crippen LogP contribution >= 0.6 is 0 Å². The van der Waals surface area contributed by atoms with Crippen molar-refractivity contribution in [1.82, 2.24) is 5.32 Å². The number of methoxy groups -OCH3 is 2. The summed E-state index contributed by atoms with van der Waals surface area (Å²) in [7, 11) is 3.43. The van der Waals surface area contributed by atoms with Gasteiger partial charge in [0.2, 0.25) is 0 Å². The molecular weight excluding hydrogens is 226 g/mol. The van der Waals surface area contributed by atoms with Crippen molar-refractivity contribution in [3.63, 3.8) is 0 Å². The summed E-state index contributed by atoms with van der Waals surface area (Å²) in [5, 5.41) is 3.41. The molecule has 0 spiro atoms. The molecule has 18 heavy (non-hydrogen) atoms. The third-order valence-corrected chi connectivity index (χ3v) is 3.63. The second kappa shape index (κ2) is 6.76. The Morgan fingerprint density at radius 1 is 1.22 bits per heavy atom. The first-order chi connectivity index (χ1) is 8.83. The molecule has 0 bridgehead atoms. The molecule has 0 atom stereocenters. The molecule has 0 saturated carbocycles. The normalized spacial score (nSPS) is 16.8. The van der Waals surface area contributed by atoms with Crippen molar-refractivity contribution in [1.29, 1.82) is 0 Å². The molecule has 0 aromatic heterocycles. The zero-order chi connectivity index (χ0) is 12.8. The summed E-state index contributed by atoms with van der Waals surface area (Å²) in [6, 6.07) is 6.47. The molecule has 0 amide bonds. The molecule has 1 aromatic rings. The van der Waals surface area contributed by atoms with E-state index in [-0.39, 0.29) is 0 Å². The van der Waals surface area contributed by atoms with Gasteiger partial charge in [-0.1, -0.05) is 6.07 Å². The number of rotatable bonds is 5. The summed E-state index contributed by atoms with van der Waals surface area (Å²) in [6.45, 7) is 2.93. The van der Waals surface area contributed by atoms with Crippen molar-refractivity contribution in [3.8, 4) is 5.75 Å². The molecule has 1 N–H and O–H groups in total. The van der Waals surface area contributed by atoms with Gasteiger partial charge in [-0.15, -0.1) is 0 Å². The topological polar surface area (TPSA) is 30.5 Å². The zero-order valence-electron chi connectivity index (χ0n) is 11.4. The van der Waals surface area contributed by atoms with Gasteiger partial charge in [0.15, 0.2) is 0 Å². The van der Waals surface area contributed by atoms with Crippen molar-refractivity contribution in [2.24, 2.45) is 5.92 Å². The molecule has 3 heteroatoms. The number of hydrogen-bond donors (Lipinski definition) is 1. The molecule has 1 aliphatic rings. The van der Waals surface area contributed by atoms with Crippen LogP contribution in [0.3, 0.4) is 0 Å². The van der Waals surface area contributed by atoms with E-state index in [1.165, 1.54) is 24.8 Å². The van der Waals surface area contributed by atoms with Crippen LogP contribution in [0.15, 0.2) is 18.2 Å². The van der Waals surface area contributed by atoms with E-state index in [0.29, 0.717) is 6.61 Å². The minimum absolute atomic E-state index is 0.614. The maximum absolute atomic E-state index is 5.35. The quantitative estimate of drug-likeness (QED) is 0.869. The summed E-state index contributed by atoms with van der Waals surface area (Å²) < 4.78 is 10.6. The van der Waals surface area contributed by atoms with Gasteiger partial charge in [-0.25, -0.2) is 0 Å².